The molecule has 0 aliphatic carbocycles. The quantitative estimate of drug-likeness (QED) is 0.520. The number of hydrogen-bond donors (Lipinski definition) is 1. The molecule has 1 aromatic carbocycles. The number of hydrogen-bond acceptors (Lipinski definition) is 2. The highest BCUT2D eigenvalue weighted by Gasteiger charge is 2.26. The van der Waals surface area contributed by atoms with E-state index in [1.165, 1.54) is 12.1 Å². The number of rotatable bonds is 4. The fourth-order valence-electron chi connectivity index (χ4n) is 1.27. The second kappa shape index (κ2) is 7.12. The number of alkyl halides is 3. The molecule has 1 rings (SSSR count). The summed E-state index contributed by atoms with van der Waals surface area (Å²) in [6, 6.07) is 3.95. The number of ether oxygens (including phenoxy) is 1. The lowest BCUT2D eigenvalue weighted by atomic mass is 10.1. The number of aliphatic hydroxyl groups excluding tert-OH is 1. The molecule has 0 amide bonds. The van der Waals surface area contributed by atoms with Crippen LogP contribution in [0.5, 0.6) is 0 Å². The van der Waals surface area contributed by atoms with Crippen molar-refractivity contribution in [2.45, 2.75) is 19.2 Å². The Balaban J connectivity index is 2.55. The SMILES string of the molecule is OCC#Cc1cc(COCCC(F)(F)F)ccc1F. The van der Waals surface area contributed by atoms with Crippen LogP contribution in [0.1, 0.15) is 17.5 Å². The van der Waals surface area contributed by atoms with Gasteiger partial charge in [0.2, 0.25) is 0 Å². The van der Waals surface area contributed by atoms with Gasteiger partial charge >= 0.3 is 6.18 Å². The Hall–Kier alpha value is -1.58. The third-order valence-corrected chi connectivity index (χ3v) is 2.13. The first kappa shape index (κ1) is 15.5. The minimum absolute atomic E-state index is 0.0514. The molecule has 0 atom stereocenters. The summed E-state index contributed by atoms with van der Waals surface area (Å²) in [5, 5.41) is 8.51. The lowest BCUT2D eigenvalue weighted by Gasteiger charge is -2.07. The summed E-state index contributed by atoms with van der Waals surface area (Å²) in [4.78, 5) is 0. The van der Waals surface area contributed by atoms with Gasteiger partial charge in [-0.15, -0.1) is 0 Å². The minimum Gasteiger partial charge on any atom is -0.384 e. The molecule has 19 heavy (non-hydrogen) atoms. The van der Waals surface area contributed by atoms with Gasteiger partial charge in [-0.1, -0.05) is 17.9 Å². The van der Waals surface area contributed by atoms with E-state index in [0.29, 0.717) is 5.56 Å². The first-order valence-corrected chi connectivity index (χ1v) is 5.45. The van der Waals surface area contributed by atoms with E-state index in [0.717, 1.165) is 6.07 Å². The number of halogens is 4. The van der Waals surface area contributed by atoms with Crippen molar-refractivity contribution in [1.29, 1.82) is 0 Å². The molecule has 0 heterocycles. The molecule has 0 spiro atoms. The summed E-state index contributed by atoms with van der Waals surface area (Å²) in [6.45, 7) is -0.894. The minimum atomic E-state index is -4.25. The Morgan fingerprint density at radius 1 is 1.26 bits per heavy atom. The molecule has 1 N–H and O–H groups in total. The van der Waals surface area contributed by atoms with Crippen molar-refractivity contribution >= 4 is 0 Å². The monoisotopic (exact) mass is 276 g/mol. The third-order valence-electron chi connectivity index (χ3n) is 2.13. The van der Waals surface area contributed by atoms with Crippen molar-refractivity contribution < 1.29 is 27.4 Å². The summed E-state index contributed by atoms with van der Waals surface area (Å²) in [5.74, 6) is 4.15. The van der Waals surface area contributed by atoms with E-state index in [4.69, 9.17) is 9.84 Å². The molecule has 104 valence electrons. The smallest absolute Gasteiger partial charge is 0.384 e. The Morgan fingerprint density at radius 3 is 2.63 bits per heavy atom. The van der Waals surface area contributed by atoms with Gasteiger partial charge in [-0.05, 0) is 17.7 Å². The molecule has 0 saturated heterocycles. The standard InChI is InChI=1S/C13H12F4O2/c14-12-4-3-10(8-11(12)2-1-6-18)9-19-7-5-13(15,16)17/h3-4,8,18H,5-7,9H2. The normalized spacial score (nSPS) is 11.0. The largest absolute Gasteiger partial charge is 0.391 e. The van der Waals surface area contributed by atoms with Crippen LogP contribution in [0, 0.1) is 17.7 Å². The predicted molar refractivity (Wildman–Crippen MR) is 60.7 cm³/mol. The highest BCUT2D eigenvalue weighted by molar-refractivity contribution is 5.38. The fraction of sp³-hybridized carbons (Fsp3) is 0.385. The summed E-state index contributed by atoms with van der Waals surface area (Å²) in [5.41, 5.74) is 0.594. The number of benzene rings is 1. The van der Waals surface area contributed by atoms with Gasteiger partial charge in [-0.25, -0.2) is 4.39 Å². The molecule has 0 radical (unpaired) electrons. The lowest BCUT2D eigenvalue weighted by molar-refractivity contribution is -0.146. The van der Waals surface area contributed by atoms with E-state index >= 15 is 0 Å². The van der Waals surface area contributed by atoms with Crippen molar-refractivity contribution in [1.82, 2.24) is 0 Å². The number of aliphatic hydroxyl groups is 1. The summed E-state index contributed by atoms with van der Waals surface area (Å²) >= 11 is 0. The average molecular weight is 276 g/mol. The van der Waals surface area contributed by atoms with Crippen molar-refractivity contribution in [3.8, 4) is 11.8 Å². The van der Waals surface area contributed by atoms with Crippen LogP contribution in [0.25, 0.3) is 0 Å². The molecular formula is C13H12F4O2. The van der Waals surface area contributed by atoms with Gasteiger partial charge < -0.3 is 9.84 Å². The molecule has 0 bridgehead atoms. The summed E-state index contributed by atoms with van der Waals surface area (Å²) < 4.78 is 53.7. The lowest BCUT2D eigenvalue weighted by Crippen LogP contribution is -2.11. The van der Waals surface area contributed by atoms with E-state index < -0.39 is 31.6 Å². The predicted octanol–water partition coefficient (Wildman–Crippen LogP) is 2.64. The van der Waals surface area contributed by atoms with Crippen LogP contribution in [0.2, 0.25) is 0 Å². The molecular weight excluding hydrogens is 264 g/mol. The van der Waals surface area contributed by atoms with Crippen molar-refractivity contribution in [2.24, 2.45) is 0 Å². The Bertz CT molecular complexity index is 472. The first-order chi connectivity index (χ1) is 8.92. The van der Waals surface area contributed by atoms with Gasteiger partial charge in [0.25, 0.3) is 0 Å². The van der Waals surface area contributed by atoms with Crippen molar-refractivity contribution in [2.75, 3.05) is 13.2 Å². The van der Waals surface area contributed by atoms with E-state index in [1.54, 1.807) is 0 Å². The van der Waals surface area contributed by atoms with E-state index in [1.807, 2.05) is 0 Å². The Labute approximate surface area is 108 Å². The fourth-order valence-corrected chi connectivity index (χ4v) is 1.27. The van der Waals surface area contributed by atoms with E-state index in [2.05, 4.69) is 11.8 Å². The maximum atomic E-state index is 13.3. The first-order valence-electron chi connectivity index (χ1n) is 5.45. The van der Waals surface area contributed by atoms with Crippen LogP contribution in [0.4, 0.5) is 17.6 Å². The van der Waals surface area contributed by atoms with Crippen LogP contribution >= 0.6 is 0 Å². The highest BCUT2D eigenvalue weighted by Crippen LogP contribution is 2.19. The molecule has 2 nitrogen and oxygen atoms in total. The highest BCUT2D eigenvalue weighted by atomic mass is 19.4. The summed E-state index contributed by atoms with van der Waals surface area (Å²) in [6.07, 6.45) is -5.27. The molecule has 0 unspecified atom stereocenters. The molecule has 1 aromatic rings. The maximum Gasteiger partial charge on any atom is 0.391 e. The molecule has 6 heteroatoms. The Kier molecular flexibility index (Phi) is 5.80. The van der Waals surface area contributed by atoms with E-state index in [9.17, 15) is 17.6 Å². The topological polar surface area (TPSA) is 29.5 Å². The molecule has 0 fully saturated rings. The van der Waals surface area contributed by atoms with Gasteiger partial charge in [0, 0.05) is 0 Å². The van der Waals surface area contributed by atoms with Crippen molar-refractivity contribution in [3.63, 3.8) is 0 Å². The van der Waals surface area contributed by atoms with Gasteiger partial charge in [0.1, 0.15) is 12.4 Å². The third kappa shape index (κ3) is 6.22. The van der Waals surface area contributed by atoms with Crippen LogP contribution in [-0.4, -0.2) is 24.5 Å². The van der Waals surface area contributed by atoms with Gasteiger partial charge in [0.15, 0.2) is 0 Å². The maximum absolute atomic E-state index is 13.3. The zero-order valence-corrected chi connectivity index (χ0v) is 9.93. The zero-order valence-electron chi connectivity index (χ0n) is 9.93. The van der Waals surface area contributed by atoms with Crippen LogP contribution in [-0.2, 0) is 11.3 Å². The second-order valence-corrected chi connectivity index (χ2v) is 3.69. The van der Waals surface area contributed by atoms with Crippen molar-refractivity contribution in [3.05, 3.63) is 35.1 Å². The molecule has 0 aliphatic rings. The van der Waals surface area contributed by atoms with Crippen LogP contribution in [0.15, 0.2) is 18.2 Å². The Morgan fingerprint density at radius 2 is 2.00 bits per heavy atom. The molecule has 0 aliphatic heterocycles. The van der Waals surface area contributed by atoms with Gasteiger partial charge in [-0.3, -0.25) is 0 Å². The zero-order chi connectivity index (χ0) is 14.3. The van der Waals surface area contributed by atoms with Gasteiger partial charge in [-0.2, -0.15) is 13.2 Å². The van der Waals surface area contributed by atoms with E-state index in [-0.39, 0.29) is 12.2 Å². The average Bonchev–Trinajstić information content (AvgIpc) is 2.33. The molecule has 0 aromatic heterocycles. The van der Waals surface area contributed by atoms with Crippen LogP contribution < -0.4 is 0 Å². The molecule has 0 saturated carbocycles. The van der Waals surface area contributed by atoms with Gasteiger partial charge in [0.05, 0.1) is 25.2 Å². The second-order valence-electron chi connectivity index (χ2n) is 3.69. The summed E-state index contributed by atoms with van der Waals surface area (Å²) in [7, 11) is 0. The van der Waals surface area contributed by atoms with Crippen LogP contribution in [0.3, 0.4) is 0 Å².